The fraction of sp³-hybridized carbons (Fsp3) is 0.194. The normalized spacial score (nSPS) is 19.2. The van der Waals surface area contributed by atoms with Crippen LogP contribution in [0.1, 0.15) is 52.5 Å². The van der Waals surface area contributed by atoms with Crippen LogP contribution in [0.5, 0.6) is 5.75 Å². The Labute approximate surface area is 201 Å². The second-order valence-electron chi connectivity index (χ2n) is 9.28. The predicted molar refractivity (Wildman–Crippen MR) is 140 cm³/mol. The van der Waals surface area contributed by atoms with Gasteiger partial charge in [0.05, 0.1) is 5.69 Å². The molecule has 0 aromatic heterocycles. The molecule has 2 aliphatic heterocycles. The average Bonchev–Trinajstić information content (AvgIpc) is 2.89. The number of hydrogen-bond donors (Lipinski definition) is 1. The van der Waals surface area contributed by atoms with Gasteiger partial charge in [-0.25, -0.2) is 0 Å². The molecular weight excluding hydrogens is 416 g/mol. The lowest BCUT2D eigenvalue weighted by atomic mass is 9.76. The van der Waals surface area contributed by atoms with E-state index in [2.05, 4.69) is 77.7 Å². The van der Waals surface area contributed by atoms with Crippen molar-refractivity contribution in [2.24, 2.45) is 4.99 Å². The van der Waals surface area contributed by atoms with Gasteiger partial charge < -0.3 is 10.0 Å². The molecule has 3 nitrogen and oxygen atoms in total. The summed E-state index contributed by atoms with van der Waals surface area (Å²) < 4.78 is 0. The molecule has 0 saturated carbocycles. The van der Waals surface area contributed by atoms with Gasteiger partial charge in [0, 0.05) is 42.4 Å². The highest BCUT2D eigenvalue weighted by atomic mass is 16.3. The second kappa shape index (κ2) is 8.83. The molecule has 2 atom stereocenters. The van der Waals surface area contributed by atoms with Crippen LogP contribution in [0.2, 0.25) is 0 Å². The summed E-state index contributed by atoms with van der Waals surface area (Å²) in [6.07, 6.45) is 4.00. The molecular formula is C31H28N2O. The number of phenols is 1. The zero-order valence-electron chi connectivity index (χ0n) is 19.1. The molecule has 0 bridgehead atoms. The van der Waals surface area contributed by atoms with E-state index in [0.717, 1.165) is 37.2 Å². The van der Waals surface area contributed by atoms with E-state index in [0.29, 0.717) is 11.8 Å². The maximum atomic E-state index is 10.2. The molecule has 0 aliphatic carbocycles. The van der Waals surface area contributed by atoms with Gasteiger partial charge >= 0.3 is 0 Å². The highest BCUT2D eigenvalue weighted by molar-refractivity contribution is 5.86. The Bertz CT molecular complexity index is 1260. The van der Waals surface area contributed by atoms with Crippen LogP contribution in [0.4, 0.5) is 11.4 Å². The fourth-order valence-electron chi connectivity index (χ4n) is 5.65. The van der Waals surface area contributed by atoms with E-state index in [-0.39, 0.29) is 5.75 Å². The molecule has 0 amide bonds. The number of anilines is 1. The molecule has 0 saturated heterocycles. The molecule has 4 aromatic carbocycles. The quantitative estimate of drug-likeness (QED) is 0.343. The van der Waals surface area contributed by atoms with Crippen molar-refractivity contribution in [2.45, 2.75) is 24.7 Å². The number of hydrogen-bond acceptors (Lipinski definition) is 3. The van der Waals surface area contributed by atoms with Gasteiger partial charge in [-0.05, 0) is 59.4 Å². The summed E-state index contributed by atoms with van der Waals surface area (Å²) in [7, 11) is 0. The number of aromatic hydroxyl groups is 1. The Morgan fingerprint density at radius 3 is 1.79 bits per heavy atom. The first-order valence-electron chi connectivity index (χ1n) is 12.1. The largest absolute Gasteiger partial charge is 0.507 e. The van der Waals surface area contributed by atoms with E-state index in [1.807, 2.05) is 18.2 Å². The van der Waals surface area contributed by atoms with E-state index in [1.165, 1.54) is 27.9 Å². The Morgan fingerprint density at radius 2 is 1.24 bits per heavy atom. The fourth-order valence-corrected chi connectivity index (χ4v) is 5.65. The van der Waals surface area contributed by atoms with Gasteiger partial charge in [-0.15, -0.1) is 0 Å². The second-order valence-corrected chi connectivity index (χ2v) is 9.28. The summed E-state index contributed by atoms with van der Waals surface area (Å²) in [5.41, 5.74) is 8.57. The van der Waals surface area contributed by atoms with Crippen molar-refractivity contribution >= 4 is 17.6 Å². The van der Waals surface area contributed by atoms with E-state index in [4.69, 9.17) is 4.99 Å². The minimum atomic E-state index is 0.251. The topological polar surface area (TPSA) is 35.8 Å². The molecule has 0 spiro atoms. The number of nitrogens with zero attached hydrogens (tertiary/aromatic N) is 2. The Hall–Kier alpha value is -3.85. The first kappa shape index (κ1) is 20.7. The van der Waals surface area contributed by atoms with Gasteiger partial charge in [0.1, 0.15) is 5.75 Å². The average molecular weight is 445 g/mol. The number of benzene rings is 4. The molecule has 3 heteroatoms. The summed E-state index contributed by atoms with van der Waals surface area (Å²) >= 11 is 0. The molecule has 1 N–H and O–H groups in total. The first-order chi connectivity index (χ1) is 16.8. The third-order valence-corrected chi connectivity index (χ3v) is 7.29. The monoisotopic (exact) mass is 444 g/mol. The van der Waals surface area contributed by atoms with Crippen molar-refractivity contribution in [3.63, 3.8) is 0 Å². The lowest BCUT2D eigenvalue weighted by Gasteiger charge is -2.43. The van der Waals surface area contributed by atoms with Crippen LogP contribution in [0.15, 0.2) is 102 Å². The van der Waals surface area contributed by atoms with Crippen molar-refractivity contribution in [1.29, 1.82) is 0 Å². The summed E-state index contributed by atoms with van der Waals surface area (Å²) in [5, 5.41) is 10.2. The summed E-state index contributed by atoms with van der Waals surface area (Å²) in [5.74, 6) is 0.975. The van der Waals surface area contributed by atoms with Crippen molar-refractivity contribution in [2.75, 3.05) is 18.0 Å². The van der Waals surface area contributed by atoms with Crippen LogP contribution in [-0.4, -0.2) is 24.4 Å². The third kappa shape index (κ3) is 3.77. The van der Waals surface area contributed by atoms with Crippen LogP contribution in [0.3, 0.4) is 0 Å². The Kier molecular flexibility index (Phi) is 5.38. The highest BCUT2D eigenvalue weighted by Gasteiger charge is 2.34. The number of para-hydroxylation sites is 1. The molecule has 168 valence electrons. The van der Waals surface area contributed by atoms with Gasteiger partial charge in [-0.3, -0.25) is 4.99 Å². The van der Waals surface area contributed by atoms with Crippen LogP contribution >= 0.6 is 0 Å². The first-order valence-corrected chi connectivity index (χ1v) is 12.1. The smallest absolute Gasteiger partial charge is 0.124 e. The van der Waals surface area contributed by atoms with Crippen LogP contribution in [0.25, 0.3) is 0 Å². The molecule has 0 fully saturated rings. The lowest BCUT2D eigenvalue weighted by molar-refractivity contribution is 0.474. The summed E-state index contributed by atoms with van der Waals surface area (Å²) in [4.78, 5) is 7.44. The van der Waals surface area contributed by atoms with Crippen molar-refractivity contribution in [3.05, 3.63) is 125 Å². The molecule has 4 aromatic rings. The van der Waals surface area contributed by atoms with Crippen LogP contribution in [-0.2, 0) is 0 Å². The molecule has 34 heavy (non-hydrogen) atoms. The Balaban J connectivity index is 1.51. The maximum absolute atomic E-state index is 10.2. The van der Waals surface area contributed by atoms with Gasteiger partial charge in [-0.1, -0.05) is 72.8 Å². The summed E-state index contributed by atoms with van der Waals surface area (Å²) in [6, 6.07) is 33.6. The molecule has 2 heterocycles. The minimum absolute atomic E-state index is 0.251. The molecule has 2 aliphatic rings. The number of aliphatic imine (C=N–C) groups is 1. The number of rotatable bonds is 4. The van der Waals surface area contributed by atoms with E-state index < -0.39 is 0 Å². The zero-order valence-corrected chi connectivity index (χ0v) is 19.1. The minimum Gasteiger partial charge on any atom is -0.507 e. The SMILES string of the molecule is Oc1ccccc1C=Nc1cc2c3c(c1)[C@H](c1ccccc1)CCN3CC[C@H]2c1ccccc1. The zero-order chi connectivity index (χ0) is 22.9. The van der Waals surface area contributed by atoms with Crippen molar-refractivity contribution in [1.82, 2.24) is 0 Å². The Morgan fingerprint density at radius 1 is 0.706 bits per heavy atom. The van der Waals surface area contributed by atoms with Gasteiger partial charge in [-0.2, -0.15) is 0 Å². The number of phenolic OH excluding ortho intramolecular Hbond substituents is 1. The van der Waals surface area contributed by atoms with Crippen LogP contribution < -0.4 is 4.90 Å². The van der Waals surface area contributed by atoms with E-state index in [1.54, 1.807) is 12.3 Å². The van der Waals surface area contributed by atoms with Gasteiger partial charge in [0.15, 0.2) is 0 Å². The van der Waals surface area contributed by atoms with Crippen molar-refractivity contribution in [3.8, 4) is 5.75 Å². The highest BCUT2D eigenvalue weighted by Crippen LogP contribution is 2.49. The lowest BCUT2D eigenvalue weighted by Crippen LogP contribution is -2.37. The van der Waals surface area contributed by atoms with Gasteiger partial charge in [0.25, 0.3) is 0 Å². The third-order valence-electron chi connectivity index (χ3n) is 7.29. The van der Waals surface area contributed by atoms with Gasteiger partial charge in [0.2, 0.25) is 0 Å². The van der Waals surface area contributed by atoms with Crippen LogP contribution in [0, 0.1) is 0 Å². The van der Waals surface area contributed by atoms with E-state index >= 15 is 0 Å². The maximum Gasteiger partial charge on any atom is 0.124 e. The molecule has 6 rings (SSSR count). The van der Waals surface area contributed by atoms with Crippen molar-refractivity contribution < 1.29 is 5.11 Å². The van der Waals surface area contributed by atoms with E-state index in [9.17, 15) is 5.11 Å². The summed E-state index contributed by atoms with van der Waals surface area (Å²) in [6.45, 7) is 2.17. The standard InChI is InChI=1S/C31H28N2O/c34-30-14-8-7-13-24(30)21-32-25-19-28-26(22-9-3-1-4-10-22)15-17-33-18-16-27(29(20-25)31(28)33)23-11-5-2-6-12-23/h1-14,19-21,26-27,34H,15-18H2/t26-,27-/m0/s1. The molecule has 0 radical (unpaired) electrons. The predicted octanol–water partition coefficient (Wildman–Crippen LogP) is 7.02. The molecule has 0 unspecified atom stereocenters.